The summed E-state index contributed by atoms with van der Waals surface area (Å²) in [6, 6.07) is 2.89. The molecule has 0 saturated carbocycles. The van der Waals surface area contributed by atoms with Gasteiger partial charge in [-0.15, -0.1) is 0 Å². The molecule has 21 heavy (non-hydrogen) atoms. The number of aliphatic carboxylic acids is 1. The van der Waals surface area contributed by atoms with Gasteiger partial charge in [0.1, 0.15) is 4.90 Å². The van der Waals surface area contributed by atoms with Gasteiger partial charge < -0.3 is 5.11 Å². The fourth-order valence-electron chi connectivity index (χ4n) is 2.27. The van der Waals surface area contributed by atoms with Gasteiger partial charge in [0.15, 0.2) is 0 Å². The molecule has 116 valence electrons. The van der Waals surface area contributed by atoms with Crippen molar-refractivity contribution in [2.45, 2.75) is 17.7 Å². The Bertz CT molecular complexity index is 657. The van der Waals surface area contributed by atoms with Crippen LogP contribution in [0.2, 0.25) is 10.0 Å². The van der Waals surface area contributed by atoms with Crippen LogP contribution >= 0.6 is 39.1 Å². The summed E-state index contributed by atoms with van der Waals surface area (Å²) in [7, 11) is -3.92. The fraction of sp³-hybridized carbons (Fsp3) is 0.417. The van der Waals surface area contributed by atoms with Crippen molar-refractivity contribution in [1.29, 1.82) is 0 Å². The van der Waals surface area contributed by atoms with Gasteiger partial charge in [-0.1, -0.05) is 39.1 Å². The summed E-state index contributed by atoms with van der Waals surface area (Å²) in [5, 5.41) is 9.07. The van der Waals surface area contributed by atoms with Crippen LogP contribution in [0.4, 0.5) is 0 Å². The maximum Gasteiger partial charge on any atom is 0.307 e. The normalized spacial score (nSPS) is 20.4. The summed E-state index contributed by atoms with van der Waals surface area (Å²) in [5.74, 6) is -1.70. The molecule has 1 fully saturated rings. The number of nitrogens with zero attached hydrogens (tertiary/aromatic N) is 1. The van der Waals surface area contributed by atoms with Crippen LogP contribution in [0.25, 0.3) is 0 Å². The summed E-state index contributed by atoms with van der Waals surface area (Å²) < 4.78 is 27.0. The summed E-state index contributed by atoms with van der Waals surface area (Å²) in [6.07, 6.45) is 0.950. The Morgan fingerprint density at radius 3 is 2.43 bits per heavy atom. The van der Waals surface area contributed by atoms with Crippen LogP contribution in [-0.4, -0.2) is 36.9 Å². The van der Waals surface area contributed by atoms with Crippen molar-refractivity contribution in [3.63, 3.8) is 0 Å². The van der Waals surface area contributed by atoms with Gasteiger partial charge in [0.2, 0.25) is 10.0 Å². The highest BCUT2D eigenvalue weighted by atomic mass is 79.9. The first-order valence-electron chi connectivity index (χ1n) is 6.11. The van der Waals surface area contributed by atoms with Gasteiger partial charge in [-0.25, -0.2) is 8.42 Å². The van der Waals surface area contributed by atoms with E-state index < -0.39 is 21.9 Å². The van der Waals surface area contributed by atoms with Crippen LogP contribution in [0.5, 0.6) is 0 Å². The van der Waals surface area contributed by atoms with E-state index in [9.17, 15) is 13.2 Å². The van der Waals surface area contributed by atoms with E-state index >= 15 is 0 Å². The molecule has 1 atom stereocenters. The molecule has 1 aliphatic heterocycles. The highest BCUT2D eigenvalue weighted by Crippen LogP contribution is 2.36. The second-order valence-corrected chi connectivity index (χ2v) is 8.34. The lowest BCUT2D eigenvalue weighted by Crippen LogP contribution is -2.42. The number of hydrogen-bond acceptors (Lipinski definition) is 3. The monoisotopic (exact) mass is 415 g/mol. The SMILES string of the molecule is O=C(O)[C@H]1CCCN(S(=O)(=O)c2c(Cl)cc(Br)cc2Cl)C1. The predicted molar refractivity (Wildman–Crippen MR) is 83.3 cm³/mol. The van der Waals surface area contributed by atoms with Crippen LogP contribution in [0.3, 0.4) is 0 Å². The van der Waals surface area contributed by atoms with Crippen LogP contribution in [-0.2, 0) is 14.8 Å². The molecule has 1 aromatic rings. The number of sulfonamides is 1. The smallest absolute Gasteiger partial charge is 0.307 e. The quantitative estimate of drug-likeness (QED) is 0.820. The van der Waals surface area contributed by atoms with E-state index in [0.717, 1.165) is 4.31 Å². The van der Waals surface area contributed by atoms with Crippen molar-refractivity contribution in [3.05, 3.63) is 26.7 Å². The molecular weight excluding hydrogens is 405 g/mol. The molecule has 0 aromatic heterocycles. The third-order valence-corrected chi connectivity index (χ3v) is 6.54. The van der Waals surface area contributed by atoms with Gasteiger partial charge in [0, 0.05) is 17.6 Å². The van der Waals surface area contributed by atoms with Crippen LogP contribution < -0.4 is 0 Å². The van der Waals surface area contributed by atoms with Crippen molar-refractivity contribution in [2.24, 2.45) is 5.92 Å². The molecule has 0 unspecified atom stereocenters. The molecule has 0 aliphatic carbocycles. The number of hydrogen-bond donors (Lipinski definition) is 1. The van der Waals surface area contributed by atoms with Crippen molar-refractivity contribution in [2.75, 3.05) is 13.1 Å². The Morgan fingerprint density at radius 1 is 1.33 bits per heavy atom. The third-order valence-electron chi connectivity index (χ3n) is 3.29. The second kappa shape index (κ2) is 6.42. The average Bonchev–Trinajstić information content (AvgIpc) is 2.37. The fourth-order valence-corrected chi connectivity index (χ4v) is 5.67. The predicted octanol–water partition coefficient (Wildman–Crippen LogP) is 3.24. The number of carboxylic acids is 1. The van der Waals surface area contributed by atoms with Gasteiger partial charge in [0.25, 0.3) is 0 Å². The van der Waals surface area contributed by atoms with Gasteiger partial charge in [0.05, 0.1) is 16.0 Å². The minimum absolute atomic E-state index is 0.00632. The van der Waals surface area contributed by atoms with E-state index in [4.69, 9.17) is 28.3 Å². The molecule has 1 heterocycles. The molecule has 1 aromatic carbocycles. The molecular formula is C12H12BrCl2NO4S. The molecule has 0 spiro atoms. The summed E-state index contributed by atoms with van der Waals surface area (Å²) in [5.41, 5.74) is 0. The lowest BCUT2D eigenvalue weighted by Gasteiger charge is -2.30. The van der Waals surface area contributed by atoms with Crippen molar-refractivity contribution in [3.8, 4) is 0 Å². The lowest BCUT2D eigenvalue weighted by molar-refractivity contribution is -0.142. The zero-order valence-corrected chi connectivity index (χ0v) is 14.6. The Labute approximate surface area is 141 Å². The molecule has 0 radical (unpaired) electrons. The van der Waals surface area contributed by atoms with Crippen LogP contribution in [0, 0.1) is 5.92 Å². The third kappa shape index (κ3) is 3.53. The zero-order chi connectivity index (χ0) is 15.8. The van der Waals surface area contributed by atoms with Crippen LogP contribution in [0.15, 0.2) is 21.5 Å². The molecule has 5 nitrogen and oxygen atoms in total. The Balaban J connectivity index is 2.41. The first-order chi connectivity index (χ1) is 9.73. The molecule has 0 bridgehead atoms. The minimum Gasteiger partial charge on any atom is -0.481 e. The molecule has 1 saturated heterocycles. The summed E-state index contributed by atoms with van der Waals surface area (Å²) >= 11 is 15.2. The summed E-state index contributed by atoms with van der Waals surface area (Å²) in [4.78, 5) is 10.9. The number of halogens is 3. The number of benzene rings is 1. The van der Waals surface area contributed by atoms with Crippen LogP contribution in [0.1, 0.15) is 12.8 Å². The standard InChI is InChI=1S/C12H12BrCl2NO4S/c13-8-4-9(14)11(10(15)5-8)21(19,20)16-3-1-2-7(6-16)12(17)18/h4-5,7H,1-3,6H2,(H,17,18)/t7-/m0/s1. The number of carboxylic acid groups (broad SMARTS) is 1. The largest absolute Gasteiger partial charge is 0.481 e. The average molecular weight is 417 g/mol. The minimum atomic E-state index is -3.92. The molecule has 1 aliphatic rings. The van der Waals surface area contributed by atoms with Crippen molar-refractivity contribution >= 4 is 55.1 Å². The Morgan fingerprint density at radius 2 is 1.90 bits per heavy atom. The van der Waals surface area contributed by atoms with E-state index in [1.165, 1.54) is 12.1 Å². The van der Waals surface area contributed by atoms with Crippen molar-refractivity contribution in [1.82, 2.24) is 4.31 Å². The van der Waals surface area contributed by atoms with E-state index in [1.807, 2.05) is 0 Å². The first kappa shape index (κ1) is 17.0. The van der Waals surface area contributed by atoms with Gasteiger partial charge in [-0.3, -0.25) is 4.79 Å². The zero-order valence-electron chi connectivity index (χ0n) is 10.7. The molecule has 2 rings (SSSR count). The number of rotatable bonds is 3. The number of carbonyl (C=O) groups is 1. The van der Waals surface area contributed by atoms with Gasteiger partial charge >= 0.3 is 5.97 Å². The van der Waals surface area contributed by atoms with E-state index in [-0.39, 0.29) is 28.0 Å². The van der Waals surface area contributed by atoms with E-state index in [2.05, 4.69) is 15.9 Å². The van der Waals surface area contributed by atoms with E-state index in [0.29, 0.717) is 17.3 Å². The van der Waals surface area contributed by atoms with Crippen molar-refractivity contribution < 1.29 is 18.3 Å². The summed E-state index contributed by atoms with van der Waals surface area (Å²) in [6.45, 7) is 0.190. The molecule has 1 N–H and O–H groups in total. The maximum atomic E-state index is 12.7. The first-order valence-corrected chi connectivity index (χ1v) is 9.10. The number of piperidine rings is 1. The maximum absolute atomic E-state index is 12.7. The Hall–Kier alpha value is -0.340. The molecule has 9 heteroatoms. The van der Waals surface area contributed by atoms with Gasteiger partial charge in [-0.05, 0) is 25.0 Å². The topological polar surface area (TPSA) is 74.7 Å². The highest BCUT2D eigenvalue weighted by Gasteiger charge is 2.35. The lowest BCUT2D eigenvalue weighted by atomic mass is 10.0. The molecule has 0 amide bonds. The highest BCUT2D eigenvalue weighted by molar-refractivity contribution is 9.10. The van der Waals surface area contributed by atoms with E-state index in [1.54, 1.807) is 0 Å². The Kier molecular flexibility index (Phi) is 5.20. The second-order valence-electron chi connectivity index (χ2n) is 4.74. The van der Waals surface area contributed by atoms with Gasteiger partial charge in [-0.2, -0.15) is 4.31 Å².